The summed E-state index contributed by atoms with van der Waals surface area (Å²) in [4.78, 5) is 13.9. The van der Waals surface area contributed by atoms with Crippen molar-refractivity contribution < 1.29 is 4.79 Å². The molecule has 1 aromatic carbocycles. The van der Waals surface area contributed by atoms with E-state index in [1.165, 1.54) is 6.07 Å². The van der Waals surface area contributed by atoms with Crippen LogP contribution in [0.1, 0.15) is 16.1 Å². The van der Waals surface area contributed by atoms with Crippen molar-refractivity contribution in [3.63, 3.8) is 0 Å². The van der Waals surface area contributed by atoms with E-state index in [1.807, 2.05) is 44.1 Å². The third-order valence-corrected chi connectivity index (χ3v) is 2.79. The predicted octanol–water partition coefficient (Wildman–Crippen LogP) is 1.62. The normalized spacial score (nSPS) is 10.3. The molecule has 100 valence electrons. The standard InChI is InChI=1S/C13H17N5O/c1-8-4-5-9(6-11(8)18(2)3)15-13(19)10-7-12(14)17-16-10/h4-7H,1-3H3,(H,15,19)(H3,14,16,17). The Bertz CT molecular complexity index is 603. The molecule has 4 N–H and O–H groups in total. The molecule has 6 heteroatoms. The molecule has 1 heterocycles. The van der Waals surface area contributed by atoms with Gasteiger partial charge in [0.05, 0.1) is 0 Å². The van der Waals surface area contributed by atoms with Gasteiger partial charge in [-0.15, -0.1) is 0 Å². The molecule has 0 aliphatic carbocycles. The van der Waals surface area contributed by atoms with Gasteiger partial charge < -0.3 is 16.0 Å². The Labute approximate surface area is 111 Å². The summed E-state index contributed by atoms with van der Waals surface area (Å²) in [5, 5.41) is 9.10. The van der Waals surface area contributed by atoms with Crippen LogP contribution in [0.15, 0.2) is 24.3 Å². The number of anilines is 3. The van der Waals surface area contributed by atoms with Gasteiger partial charge in [0.25, 0.3) is 5.91 Å². The monoisotopic (exact) mass is 259 g/mol. The number of benzene rings is 1. The van der Waals surface area contributed by atoms with E-state index in [1.54, 1.807) is 0 Å². The Balaban J connectivity index is 2.20. The molecule has 2 aromatic rings. The van der Waals surface area contributed by atoms with Crippen LogP contribution in [0.4, 0.5) is 17.2 Å². The zero-order valence-corrected chi connectivity index (χ0v) is 11.2. The number of amides is 1. The molecule has 0 atom stereocenters. The molecule has 6 nitrogen and oxygen atoms in total. The highest BCUT2D eigenvalue weighted by Crippen LogP contribution is 2.22. The minimum atomic E-state index is -0.266. The topological polar surface area (TPSA) is 87.0 Å². The van der Waals surface area contributed by atoms with Crippen LogP contribution in [0.3, 0.4) is 0 Å². The van der Waals surface area contributed by atoms with E-state index in [0.29, 0.717) is 11.5 Å². The van der Waals surface area contributed by atoms with Gasteiger partial charge in [-0.25, -0.2) is 0 Å². The number of hydrogen-bond donors (Lipinski definition) is 3. The molecule has 0 aliphatic heterocycles. The quantitative estimate of drug-likeness (QED) is 0.781. The number of aryl methyl sites for hydroxylation is 1. The van der Waals surface area contributed by atoms with Crippen molar-refractivity contribution >= 4 is 23.1 Å². The maximum absolute atomic E-state index is 11.9. The van der Waals surface area contributed by atoms with E-state index in [4.69, 9.17) is 5.73 Å². The lowest BCUT2D eigenvalue weighted by Gasteiger charge is -2.17. The van der Waals surface area contributed by atoms with Gasteiger partial charge in [0.15, 0.2) is 0 Å². The smallest absolute Gasteiger partial charge is 0.273 e. The van der Waals surface area contributed by atoms with Crippen LogP contribution in [0.5, 0.6) is 0 Å². The van der Waals surface area contributed by atoms with Gasteiger partial charge in [-0.2, -0.15) is 5.10 Å². The van der Waals surface area contributed by atoms with Crippen molar-refractivity contribution in [2.24, 2.45) is 0 Å². The maximum Gasteiger partial charge on any atom is 0.273 e. The van der Waals surface area contributed by atoms with Crippen molar-refractivity contribution in [3.05, 3.63) is 35.5 Å². The minimum Gasteiger partial charge on any atom is -0.382 e. The maximum atomic E-state index is 11.9. The Morgan fingerprint density at radius 3 is 2.68 bits per heavy atom. The molecule has 0 saturated heterocycles. The number of nitrogens with zero attached hydrogens (tertiary/aromatic N) is 2. The van der Waals surface area contributed by atoms with Gasteiger partial charge in [0.2, 0.25) is 0 Å². The number of H-pyrrole nitrogens is 1. The summed E-state index contributed by atoms with van der Waals surface area (Å²) in [6.45, 7) is 2.02. The van der Waals surface area contributed by atoms with Gasteiger partial charge in [0, 0.05) is 31.5 Å². The molecule has 1 amide bonds. The van der Waals surface area contributed by atoms with Crippen LogP contribution < -0.4 is 16.0 Å². The number of hydrogen-bond acceptors (Lipinski definition) is 4. The first-order valence-electron chi connectivity index (χ1n) is 5.87. The van der Waals surface area contributed by atoms with Gasteiger partial charge in [-0.3, -0.25) is 9.89 Å². The molecule has 0 radical (unpaired) electrons. The molecular formula is C13H17N5O. The number of carbonyl (C=O) groups is 1. The lowest BCUT2D eigenvalue weighted by molar-refractivity contribution is 0.102. The van der Waals surface area contributed by atoms with Gasteiger partial charge in [-0.1, -0.05) is 6.07 Å². The summed E-state index contributed by atoms with van der Waals surface area (Å²) in [6, 6.07) is 7.25. The number of aromatic amines is 1. The van der Waals surface area contributed by atoms with Crippen LogP contribution >= 0.6 is 0 Å². The lowest BCUT2D eigenvalue weighted by Crippen LogP contribution is -2.14. The fraction of sp³-hybridized carbons (Fsp3) is 0.231. The van der Waals surface area contributed by atoms with Crippen LogP contribution in [0.2, 0.25) is 0 Å². The summed E-state index contributed by atoms with van der Waals surface area (Å²) >= 11 is 0. The molecule has 1 aromatic heterocycles. The van der Waals surface area contributed by atoms with Crippen molar-refractivity contribution in [3.8, 4) is 0 Å². The molecular weight excluding hydrogens is 242 g/mol. The highest BCUT2D eigenvalue weighted by atomic mass is 16.1. The first-order chi connectivity index (χ1) is 8.97. The second-order valence-electron chi connectivity index (χ2n) is 4.56. The predicted molar refractivity (Wildman–Crippen MR) is 76.5 cm³/mol. The number of rotatable bonds is 3. The zero-order valence-electron chi connectivity index (χ0n) is 11.2. The molecule has 0 unspecified atom stereocenters. The molecule has 0 aliphatic rings. The zero-order chi connectivity index (χ0) is 14.0. The number of nitrogens with two attached hydrogens (primary N) is 1. The fourth-order valence-corrected chi connectivity index (χ4v) is 1.82. The summed E-state index contributed by atoms with van der Waals surface area (Å²) in [6.07, 6.45) is 0. The first kappa shape index (κ1) is 12.9. The largest absolute Gasteiger partial charge is 0.382 e. The Kier molecular flexibility index (Phi) is 3.41. The molecule has 0 fully saturated rings. The van der Waals surface area contributed by atoms with E-state index in [-0.39, 0.29) is 5.91 Å². The van der Waals surface area contributed by atoms with E-state index < -0.39 is 0 Å². The highest BCUT2D eigenvalue weighted by Gasteiger charge is 2.10. The SMILES string of the molecule is Cc1ccc(NC(=O)c2cc(N)n[nH]2)cc1N(C)C. The van der Waals surface area contributed by atoms with Crippen molar-refractivity contribution in [1.29, 1.82) is 0 Å². The number of nitrogen functional groups attached to an aromatic ring is 1. The number of carbonyl (C=O) groups excluding carboxylic acids is 1. The molecule has 19 heavy (non-hydrogen) atoms. The Morgan fingerprint density at radius 2 is 2.11 bits per heavy atom. The Morgan fingerprint density at radius 1 is 1.37 bits per heavy atom. The second kappa shape index (κ2) is 5.01. The molecule has 2 rings (SSSR count). The lowest BCUT2D eigenvalue weighted by atomic mass is 10.1. The van der Waals surface area contributed by atoms with Crippen molar-refractivity contribution in [1.82, 2.24) is 10.2 Å². The molecule has 0 saturated carbocycles. The van der Waals surface area contributed by atoms with Gasteiger partial charge in [0.1, 0.15) is 11.5 Å². The van der Waals surface area contributed by atoms with Crippen LogP contribution in [-0.4, -0.2) is 30.2 Å². The molecule has 0 spiro atoms. The fourth-order valence-electron chi connectivity index (χ4n) is 1.82. The Hall–Kier alpha value is -2.50. The summed E-state index contributed by atoms with van der Waals surface area (Å²) in [5.74, 6) is 0.0285. The summed E-state index contributed by atoms with van der Waals surface area (Å²) in [7, 11) is 3.92. The number of nitrogens with one attached hydrogen (secondary N) is 2. The van der Waals surface area contributed by atoms with Crippen molar-refractivity contribution in [2.75, 3.05) is 30.0 Å². The second-order valence-corrected chi connectivity index (χ2v) is 4.56. The minimum absolute atomic E-state index is 0.266. The van der Waals surface area contributed by atoms with Gasteiger partial charge >= 0.3 is 0 Å². The van der Waals surface area contributed by atoms with E-state index >= 15 is 0 Å². The van der Waals surface area contributed by atoms with Gasteiger partial charge in [-0.05, 0) is 24.6 Å². The van der Waals surface area contributed by atoms with Crippen LogP contribution in [-0.2, 0) is 0 Å². The average Bonchev–Trinajstić information content (AvgIpc) is 2.78. The average molecular weight is 259 g/mol. The third kappa shape index (κ3) is 2.85. The first-order valence-corrected chi connectivity index (χ1v) is 5.87. The van der Waals surface area contributed by atoms with E-state index in [9.17, 15) is 4.79 Å². The third-order valence-electron chi connectivity index (χ3n) is 2.79. The van der Waals surface area contributed by atoms with Crippen LogP contribution in [0, 0.1) is 6.92 Å². The molecule has 0 bridgehead atoms. The van der Waals surface area contributed by atoms with E-state index in [0.717, 1.165) is 16.9 Å². The summed E-state index contributed by atoms with van der Waals surface area (Å²) in [5.41, 5.74) is 8.74. The van der Waals surface area contributed by atoms with Crippen molar-refractivity contribution in [2.45, 2.75) is 6.92 Å². The van der Waals surface area contributed by atoms with Crippen LogP contribution in [0.25, 0.3) is 0 Å². The van der Waals surface area contributed by atoms with E-state index in [2.05, 4.69) is 15.5 Å². The summed E-state index contributed by atoms with van der Waals surface area (Å²) < 4.78 is 0. The highest BCUT2D eigenvalue weighted by molar-refractivity contribution is 6.03. The number of aromatic nitrogens is 2.